The van der Waals surface area contributed by atoms with Crippen LogP contribution in [0, 0.1) is 0 Å². The molecule has 0 bridgehead atoms. The van der Waals surface area contributed by atoms with Gasteiger partial charge in [0.25, 0.3) is 0 Å². The van der Waals surface area contributed by atoms with Crippen LogP contribution in [0.25, 0.3) is 5.69 Å². The molecule has 0 fully saturated rings. The van der Waals surface area contributed by atoms with Crippen molar-refractivity contribution in [3.8, 4) is 11.4 Å². The highest BCUT2D eigenvalue weighted by molar-refractivity contribution is 6.28. The molecule has 0 radical (unpaired) electrons. The van der Waals surface area contributed by atoms with Crippen LogP contribution in [-0.4, -0.2) is 27.6 Å². The predicted molar refractivity (Wildman–Crippen MR) is 88.7 cm³/mol. The van der Waals surface area contributed by atoms with E-state index in [1.165, 1.54) is 0 Å². The Morgan fingerprint density at radius 3 is 2.70 bits per heavy atom. The maximum atomic E-state index is 6.23. The first-order chi connectivity index (χ1) is 11.3. The van der Waals surface area contributed by atoms with Crippen LogP contribution < -0.4 is 4.74 Å². The Morgan fingerprint density at radius 2 is 1.91 bits per heavy atom. The van der Waals surface area contributed by atoms with Crippen LogP contribution in [0.3, 0.4) is 0 Å². The van der Waals surface area contributed by atoms with Gasteiger partial charge in [-0.25, -0.2) is 0 Å². The summed E-state index contributed by atoms with van der Waals surface area (Å²) in [4.78, 5) is 4.74. The van der Waals surface area contributed by atoms with Crippen LogP contribution in [0.15, 0.2) is 53.5 Å². The van der Waals surface area contributed by atoms with Gasteiger partial charge in [0, 0.05) is 11.1 Å². The number of hydrogen-bond donors (Lipinski definition) is 0. The van der Waals surface area contributed by atoms with Crippen molar-refractivity contribution < 1.29 is 4.74 Å². The van der Waals surface area contributed by atoms with Gasteiger partial charge in [0.1, 0.15) is 12.3 Å². The second-order valence-corrected chi connectivity index (χ2v) is 5.47. The lowest BCUT2D eigenvalue weighted by atomic mass is 10.0. The van der Waals surface area contributed by atoms with E-state index in [0.717, 1.165) is 28.3 Å². The van der Waals surface area contributed by atoms with Crippen molar-refractivity contribution >= 4 is 17.3 Å². The quantitative estimate of drug-likeness (QED) is 0.727. The Hall–Kier alpha value is -2.66. The summed E-state index contributed by atoms with van der Waals surface area (Å²) in [5.74, 6) is 1.48. The van der Waals surface area contributed by atoms with Gasteiger partial charge in [-0.1, -0.05) is 30.3 Å². The minimum absolute atomic E-state index is 0.330. The van der Waals surface area contributed by atoms with Gasteiger partial charge < -0.3 is 4.74 Å². The van der Waals surface area contributed by atoms with Crippen LogP contribution >= 0.6 is 11.6 Å². The van der Waals surface area contributed by atoms with Crippen LogP contribution in [0.2, 0.25) is 5.28 Å². The van der Waals surface area contributed by atoms with Gasteiger partial charge >= 0.3 is 0 Å². The fourth-order valence-electron chi connectivity index (χ4n) is 2.74. The molecule has 0 saturated heterocycles. The van der Waals surface area contributed by atoms with Gasteiger partial charge in [0.2, 0.25) is 5.28 Å². The summed E-state index contributed by atoms with van der Waals surface area (Å²) in [5, 5.41) is 8.42. The number of halogens is 1. The molecule has 3 aromatic rings. The van der Waals surface area contributed by atoms with Gasteiger partial charge in [-0.05, 0) is 29.8 Å². The molecular formula is C17H13ClN4O. The first-order valence-electron chi connectivity index (χ1n) is 7.16. The van der Waals surface area contributed by atoms with Crippen molar-refractivity contribution in [1.82, 2.24) is 14.8 Å². The Bertz CT molecular complexity index is 902. The van der Waals surface area contributed by atoms with E-state index in [2.05, 4.69) is 10.2 Å². The number of benzene rings is 2. The van der Waals surface area contributed by atoms with Crippen molar-refractivity contribution in [3.05, 3.63) is 70.8 Å². The highest BCUT2D eigenvalue weighted by Gasteiger charge is 2.22. The van der Waals surface area contributed by atoms with E-state index in [1.54, 1.807) is 7.11 Å². The lowest BCUT2D eigenvalue weighted by molar-refractivity contribution is 0.414. The minimum Gasteiger partial charge on any atom is -0.497 e. The molecule has 5 nitrogen and oxygen atoms in total. The molecule has 4 rings (SSSR count). The Labute approximate surface area is 138 Å². The summed E-state index contributed by atoms with van der Waals surface area (Å²) in [5.41, 5.74) is 3.77. The Morgan fingerprint density at radius 1 is 1.09 bits per heavy atom. The number of aromatic nitrogens is 3. The molecule has 2 heterocycles. The zero-order chi connectivity index (χ0) is 15.8. The normalized spacial score (nSPS) is 12.9. The second-order valence-electron chi connectivity index (χ2n) is 5.13. The molecule has 0 spiro atoms. The average Bonchev–Trinajstić information content (AvgIpc) is 2.88. The fourth-order valence-corrected chi connectivity index (χ4v) is 2.97. The number of aliphatic imine (C=N–C) groups is 1. The first-order valence-corrected chi connectivity index (χ1v) is 7.54. The predicted octanol–water partition coefficient (Wildman–Crippen LogP) is 3.28. The highest BCUT2D eigenvalue weighted by atomic mass is 35.5. The molecular weight excluding hydrogens is 312 g/mol. The molecule has 1 aromatic heterocycles. The summed E-state index contributed by atoms with van der Waals surface area (Å²) in [7, 11) is 1.65. The van der Waals surface area contributed by atoms with E-state index in [-0.39, 0.29) is 0 Å². The monoisotopic (exact) mass is 324 g/mol. The van der Waals surface area contributed by atoms with Crippen molar-refractivity contribution in [2.45, 2.75) is 6.54 Å². The van der Waals surface area contributed by atoms with E-state index in [9.17, 15) is 0 Å². The molecule has 0 aliphatic carbocycles. The number of fused-ring (bicyclic) bond motifs is 3. The number of hydrogen-bond acceptors (Lipinski definition) is 4. The van der Waals surface area contributed by atoms with Crippen molar-refractivity contribution in [2.24, 2.45) is 4.99 Å². The van der Waals surface area contributed by atoms with Crippen molar-refractivity contribution in [3.63, 3.8) is 0 Å². The highest BCUT2D eigenvalue weighted by Crippen LogP contribution is 2.29. The lowest BCUT2D eigenvalue weighted by Crippen LogP contribution is -2.07. The molecule has 0 saturated carbocycles. The van der Waals surface area contributed by atoms with E-state index in [0.29, 0.717) is 17.7 Å². The maximum absolute atomic E-state index is 6.23. The van der Waals surface area contributed by atoms with Gasteiger partial charge in [-0.3, -0.25) is 9.56 Å². The van der Waals surface area contributed by atoms with Crippen molar-refractivity contribution in [1.29, 1.82) is 0 Å². The molecule has 6 heteroatoms. The van der Waals surface area contributed by atoms with E-state index < -0.39 is 0 Å². The van der Waals surface area contributed by atoms with Gasteiger partial charge in [0.15, 0.2) is 5.82 Å². The minimum atomic E-state index is 0.330. The molecule has 0 atom stereocenters. The first kappa shape index (κ1) is 14.0. The molecule has 0 amide bonds. The van der Waals surface area contributed by atoms with Gasteiger partial charge in [-0.2, -0.15) is 0 Å². The van der Waals surface area contributed by atoms with Crippen LogP contribution in [0.1, 0.15) is 17.0 Å². The number of nitrogens with zero attached hydrogens (tertiary/aromatic N) is 4. The number of rotatable bonds is 2. The number of ether oxygens (including phenoxy) is 1. The zero-order valence-corrected chi connectivity index (χ0v) is 13.2. The average molecular weight is 325 g/mol. The molecule has 23 heavy (non-hydrogen) atoms. The molecule has 1 aliphatic heterocycles. The molecule has 1 aliphatic rings. The summed E-state index contributed by atoms with van der Waals surface area (Å²) in [6.45, 7) is 0.418. The lowest BCUT2D eigenvalue weighted by Gasteiger charge is -2.13. The fraction of sp³-hybridized carbons (Fsp3) is 0.118. The number of methoxy groups -OCH3 is 1. The molecule has 0 N–H and O–H groups in total. The van der Waals surface area contributed by atoms with E-state index in [1.807, 2.05) is 53.1 Å². The van der Waals surface area contributed by atoms with Crippen LogP contribution in [-0.2, 0) is 6.54 Å². The molecule has 2 aromatic carbocycles. The molecule has 0 unspecified atom stereocenters. The van der Waals surface area contributed by atoms with E-state index in [4.69, 9.17) is 21.3 Å². The summed E-state index contributed by atoms with van der Waals surface area (Å²) < 4.78 is 7.21. The third kappa shape index (κ3) is 2.29. The maximum Gasteiger partial charge on any atom is 0.229 e. The van der Waals surface area contributed by atoms with E-state index >= 15 is 0 Å². The topological polar surface area (TPSA) is 52.3 Å². The standard InChI is InChI=1S/C17H13ClN4O/c1-23-12-7-8-14-13(9-12)16(11-5-3-2-4-6-11)19-10-15-20-21-17(18)22(14)15/h2-9H,10H2,1H3. The Kier molecular flexibility index (Phi) is 3.35. The van der Waals surface area contributed by atoms with Crippen LogP contribution in [0.4, 0.5) is 0 Å². The summed E-state index contributed by atoms with van der Waals surface area (Å²) in [6, 6.07) is 15.9. The smallest absolute Gasteiger partial charge is 0.229 e. The SMILES string of the molecule is COc1ccc2c(c1)C(c1ccccc1)=NCc1nnc(Cl)n1-2. The van der Waals surface area contributed by atoms with Crippen molar-refractivity contribution in [2.75, 3.05) is 7.11 Å². The third-order valence-corrected chi connectivity index (χ3v) is 4.06. The molecule has 114 valence electrons. The van der Waals surface area contributed by atoms with Gasteiger partial charge in [0.05, 0.1) is 18.5 Å². The Balaban J connectivity index is 2.00. The summed E-state index contributed by atoms with van der Waals surface area (Å²) in [6.07, 6.45) is 0. The van der Waals surface area contributed by atoms with Gasteiger partial charge in [-0.15, -0.1) is 10.2 Å². The largest absolute Gasteiger partial charge is 0.497 e. The second kappa shape index (κ2) is 5.52. The zero-order valence-electron chi connectivity index (χ0n) is 12.4. The third-order valence-electron chi connectivity index (χ3n) is 3.82. The van der Waals surface area contributed by atoms with Crippen LogP contribution in [0.5, 0.6) is 5.75 Å². The summed E-state index contributed by atoms with van der Waals surface area (Å²) >= 11 is 6.23.